The predicted molar refractivity (Wildman–Crippen MR) is 149 cm³/mol. The molecule has 0 bridgehead atoms. The van der Waals surface area contributed by atoms with Gasteiger partial charge < -0.3 is 9.47 Å². The van der Waals surface area contributed by atoms with Crippen LogP contribution in [0.3, 0.4) is 0 Å². The van der Waals surface area contributed by atoms with Crippen LogP contribution in [0.15, 0.2) is 82.9 Å². The Balaban J connectivity index is 1.55. The highest BCUT2D eigenvalue weighted by Crippen LogP contribution is 2.31. The fourth-order valence-corrected chi connectivity index (χ4v) is 3.89. The third-order valence-corrected chi connectivity index (χ3v) is 6.02. The Morgan fingerprint density at radius 3 is 2.33 bits per heavy atom. The fraction of sp³-hybridized carbons (Fsp3) is 0.0714. The first-order valence-corrected chi connectivity index (χ1v) is 12.5. The monoisotopic (exact) mass is 605 g/mol. The van der Waals surface area contributed by atoms with Crippen molar-refractivity contribution < 1.29 is 33.6 Å². The molecule has 0 radical (unpaired) electrons. The number of anilines is 1. The van der Waals surface area contributed by atoms with Gasteiger partial charge in [-0.25, -0.2) is 14.5 Å². The maximum atomic E-state index is 13.1. The summed E-state index contributed by atoms with van der Waals surface area (Å²) in [6.07, 6.45) is 3.90. The molecule has 0 saturated carbocycles. The third-order valence-electron chi connectivity index (χ3n) is 5.49. The van der Waals surface area contributed by atoms with Crippen molar-refractivity contribution in [3.63, 3.8) is 0 Å². The van der Waals surface area contributed by atoms with Crippen LogP contribution in [0.4, 0.5) is 16.2 Å². The Hall–Kier alpha value is -5.10. The van der Waals surface area contributed by atoms with Gasteiger partial charge >= 0.3 is 12.0 Å². The molecule has 0 aliphatic carbocycles. The van der Waals surface area contributed by atoms with Crippen LogP contribution in [0.5, 0.6) is 11.5 Å². The normalized spacial score (nSPS) is 14.4. The van der Waals surface area contributed by atoms with Crippen molar-refractivity contribution in [2.75, 3.05) is 11.5 Å². The molecule has 3 aromatic rings. The summed E-state index contributed by atoms with van der Waals surface area (Å²) in [5.74, 6) is -2.11. The molecular weight excluding hydrogens is 586 g/mol. The average molecular weight is 606 g/mol. The average Bonchev–Trinajstić information content (AvgIpc) is 2.92. The summed E-state index contributed by atoms with van der Waals surface area (Å²) in [5, 5.41) is 12.9. The van der Waals surface area contributed by atoms with Crippen LogP contribution in [0.2, 0.25) is 0 Å². The number of hydrogen-bond donors (Lipinski definition) is 1. The Kier molecular flexibility index (Phi) is 8.50. The van der Waals surface area contributed by atoms with Crippen LogP contribution in [0, 0.1) is 10.1 Å². The minimum atomic E-state index is -0.867. The molecule has 3 aromatic carbocycles. The molecule has 202 valence electrons. The molecule has 0 spiro atoms. The summed E-state index contributed by atoms with van der Waals surface area (Å²) in [6.45, 7) is 1.96. The highest BCUT2D eigenvalue weighted by molar-refractivity contribution is 9.10. The number of nitro groups is 1. The van der Waals surface area contributed by atoms with E-state index in [1.807, 2.05) is 0 Å². The fourth-order valence-electron chi connectivity index (χ4n) is 3.63. The number of nitrogens with zero attached hydrogens (tertiary/aromatic N) is 2. The number of carbonyl (C=O) groups is 4. The standard InChI is InChI=1S/C28H20BrN3O8/c1-2-39-24-16-18(5-13-23(24)40-25(33)14-6-17-3-9-21(10-4-17)32(37)38)15-22-26(34)30-28(36)31(27(22)35)20-11-7-19(29)8-12-20/h3-16H,2H2,1H3,(H,30,34,36)/b14-6+,22-15+. The number of benzene rings is 3. The van der Waals surface area contributed by atoms with Crippen molar-refractivity contribution >= 4 is 63.3 Å². The zero-order valence-electron chi connectivity index (χ0n) is 20.8. The number of rotatable bonds is 8. The van der Waals surface area contributed by atoms with Crippen LogP contribution in [0.1, 0.15) is 18.1 Å². The third kappa shape index (κ3) is 6.48. The lowest BCUT2D eigenvalue weighted by atomic mass is 10.1. The summed E-state index contributed by atoms with van der Waals surface area (Å²) < 4.78 is 11.7. The van der Waals surface area contributed by atoms with E-state index in [1.165, 1.54) is 54.6 Å². The lowest BCUT2D eigenvalue weighted by Crippen LogP contribution is -2.54. The maximum Gasteiger partial charge on any atom is 0.336 e. The van der Waals surface area contributed by atoms with Crippen molar-refractivity contribution in [2.45, 2.75) is 6.92 Å². The number of imide groups is 2. The van der Waals surface area contributed by atoms with E-state index in [1.54, 1.807) is 31.2 Å². The van der Waals surface area contributed by atoms with E-state index < -0.39 is 28.7 Å². The highest BCUT2D eigenvalue weighted by Gasteiger charge is 2.36. The minimum Gasteiger partial charge on any atom is -0.490 e. The van der Waals surface area contributed by atoms with Crippen LogP contribution in [0.25, 0.3) is 12.2 Å². The summed E-state index contributed by atoms with van der Waals surface area (Å²) in [6, 6.07) is 15.6. The van der Waals surface area contributed by atoms with Crippen molar-refractivity contribution in [1.82, 2.24) is 5.32 Å². The number of esters is 1. The molecule has 12 heteroatoms. The second-order valence-electron chi connectivity index (χ2n) is 8.18. The summed E-state index contributed by atoms with van der Waals surface area (Å²) in [5.41, 5.74) is 0.869. The molecule has 4 amide bonds. The van der Waals surface area contributed by atoms with Gasteiger partial charge in [-0.05, 0) is 78.7 Å². The van der Waals surface area contributed by atoms with Crippen molar-refractivity contribution in [3.8, 4) is 11.5 Å². The lowest BCUT2D eigenvalue weighted by molar-refractivity contribution is -0.384. The molecule has 11 nitrogen and oxygen atoms in total. The molecule has 1 N–H and O–H groups in total. The minimum absolute atomic E-state index is 0.0730. The number of hydrogen-bond acceptors (Lipinski definition) is 8. The largest absolute Gasteiger partial charge is 0.490 e. The molecule has 1 aliphatic heterocycles. The van der Waals surface area contributed by atoms with E-state index in [-0.39, 0.29) is 35.1 Å². The van der Waals surface area contributed by atoms with Gasteiger partial charge in [0.1, 0.15) is 5.57 Å². The Labute approximate surface area is 236 Å². The van der Waals surface area contributed by atoms with Crippen LogP contribution in [-0.4, -0.2) is 35.3 Å². The number of urea groups is 1. The van der Waals surface area contributed by atoms with E-state index >= 15 is 0 Å². The van der Waals surface area contributed by atoms with Crippen LogP contribution in [-0.2, 0) is 14.4 Å². The molecule has 1 fully saturated rings. The molecular formula is C28H20BrN3O8. The maximum absolute atomic E-state index is 13.1. The number of nitro benzene ring substituents is 1. The molecule has 1 aliphatic rings. The van der Waals surface area contributed by atoms with E-state index in [4.69, 9.17) is 9.47 Å². The number of amides is 4. The van der Waals surface area contributed by atoms with Gasteiger partial charge in [-0.2, -0.15) is 0 Å². The first-order valence-electron chi connectivity index (χ1n) is 11.7. The van der Waals surface area contributed by atoms with Gasteiger partial charge in [0, 0.05) is 22.7 Å². The summed E-state index contributed by atoms with van der Waals surface area (Å²) >= 11 is 3.29. The van der Waals surface area contributed by atoms with Gasteiger partial charge in [0.05, 0.1) is 17.2 Å². The first kappa shape index (κ1) is 27.9. The number of non-ortho nitro benzene ring substituents is 1. The molecule has 1 saturated heterocycles. The molecule has 0 aromatic heterocycles. The second kappa shape index (κ2) is 12.2. The number of carbonyl (C=O) groups excluding carboxylic acids is 4. The molecule has 0 atom stereocenters. The van der Waals surface area contributed by atoms with Gasteiger partial charge in [-0.1, -0.05) is 22.0 Å². The summed E-state index contributed by atoms with van der Waals surface area (Å²) in [4.78, 5) is 61.6. The topological polar surface area (TPSA) is 145 Å². The Morgan fingerprint density at radius 2 is 1.68 bits per heavy atom. The highest BCUT2D eigenvalue weighted by atomic mass is 79.9. The number of ether oxygens (including phenoxy) is 2. The van der Waals surface area contributed by atoms with Crippen molar-refractivity contribution in [3.05, 3.63) is 104 Å². The summed E-state index contributed by atoms with van der Waals surface area (Å²) in [7, 11) is 0. The van der Waals surface area contributed by atoms with E-state index in [9.17, 15) is 29.3 Å². The van der Waals surface area contributed by atoms with Gasteiger partial charge in [-0.15, -0.1) is 0 Å². The molecule has 4 rings (SSSR count). The molecule has 1 heterocycles. The van der Waals surface area contributed by atoms with E-state index in [2.05, 4.69) is 21.2 Å². The zero-order valence-corrected chi connectivity index (χ0v) is 22.4. The van der Waals surface area contributed by atoms with Gasteiger partial charge in [0.15, 0.2) is 11.5 Å². The number of nitrogens with one attached hydrogen (secondary N) is 1. The quantitative estimate of drug-likeness (QED) is 0.0938. The van der Waals surface area contributed by atoms with Gasteiger partial charge in [-0.3, -0.25) is 25.0 Å². The first-order chi connectivity index (χ1) is 19.2. The molecule has 40 heavy (non-hydrogen) atoms. The van der Waals surface area contributed by atoms with Gasteiger partial charge in [0.2, 0.25) is 0 Å². The van der Waals surface area contributed by atoms with E-state index in [0.29, 0.717) is 11.1 Å². The van der Waals surface area contributed by atoms with Crippen LogP contribution >= 0.6 is 15.9 Å². The van der Waals surface area contributed by atoms with Crippen molar-refractivity contribution in [2.24, 2.45) is 0 Å². The Morgan fingerprint density at radius 1 is 1.00 bits per heavy atom. The van der Waals surface area contributed by atoms with Gasteiger partial charge in [0.25, 0.3) is 17.5 Å². The predicted octanol–water partition coefficient (Wildman–Crippen LogP) is 5.04. The smallest absolute Gasteiger partial charge is 0.336 e. The lowest BCUT2D eigenvalue weighted by Gasteiger charge is -2.26. The Bertz CT molecular complexity index is 1560. The molecule has 0 unspecified atom stereocenters. The van der Waals surface area contributed by atoms with E-state index in [0.717, 1.165) is 15.4 Å². The second-order valence-corrected chi connectivity index (χ2v) is 9.09. The number of barbiturate groups is 1. The number of halogens is 1. The van der Waals surface area contributed by atoms with Crippen LogP contribution < -0.4 is 19.7 Å². The van der Waals surface area contributed by atoms with Crippen molar-refractivity contribution in [1.29, 1.82) is 0 Å². The zero-order chi connectivity index (χ0) is 28.8. The SMILES string of the molecule is CCOc1cc(/C=C2\C(=O)NC(=O)N(c3ccc(Br)cc3)C2=O)ccc1OC(=O)/C=C/c1ccc([N+](=O)[O-])cc1.